The third-order valence-electron chi connectivity index (χ3n) is 3.29. The largest absolute Gasteiger partial charge is 0.356 e. The first-order valence-corrected chi connectivity index (χ1v) is 7.53. The van der Waals surface area contributed by atoms with Gasteiger partial charge in [0, 0.05) is 13.1 Å². The monoisotopic (exact) mass is 246 g/mol. The van der Waals surface area contributed by atoms with Crippen molar-refractivity contribution in [3.63, 3.8) is 0 Å². The van der Waals surface area contributed by atoms with Crippen molar-refractivity contribution >= 4 is 17.7 Å². The zero-order valence-corrected chi connectivity index (χ0v) is 11.7. The minimum absolute atomic E-state index is 0.129. The number of nitrogens with one attached hydrogen (secondary N) is 1. The predicted octanol–water partition coefficient (Wildman–Crippen LogP) is 2.01. The number of thioether (sulfide) groups is 1. The molecule has 0 rings (SSSR count). The van der Waals surface area contributed by atoms with E-state index in [2.05, 4.69) is 11.6 Å². The highest BCUT2D eigenvalue weighted by molar-refractivity contribution is 7.98. The molecule has 0 aromatic heterocycles. The maximum atomic E-state index is 12.0. The van der Waals surface area contributed by atoms with Crippen LogP contribution in [0.1, 0.15) is 39.5 Å². The van der Waals surface area contributed by atoms with Gasteiger partial charge in [0.15, 0.2) is 0 Å². The minimum atomic E-state index is -0.348. The molecule has 96 valence electrons. The first-order valence-electron chi connectivity index (χ1n) is 6.14. The first kappa shape index (κ1) is 15.8. The van der Waals surface area contributed by atoms with Gasteiger partial charge in [-0.25, -0.2) is 0 Å². The topological polar surface area (TPSA) is 55.1 Å². The Labute approximate surface area is 104 Å². The molecule has 3 N–H and O–H groups in total. The molecule has 0 aromatic rings. The van der Waals surface area contributed by atoms with Gasteiger partial charge in [0.05, 0.1) is 5.41 Å². The van der Waals surface area contributed by atoms with E-state index in [4.69, 9.17) is 5.73 Å². The van der Waals surface area contributed by atoms with E-state index in [1.807, 2.05) is 25.6 Å². The number of rotatable bonds is 9. The summed E-state index contributed by atoms with van der Waals surface area (Å²) in [6.45, 7) is 5.28. The number of carbonyl (C=O) groups is 1. The molecule has 0 unspecified atom stereocenters. The molecule has 0 atom stereocenters. The number of unbranched alkanes of at least 4 members (excludes halogenated alkanes) is 1. The zero-order chi connectivity index (χ0) is 12.4. The van der Waals surface area contributed by atoms with Crippen LogP contribution in [0.25, 0.3) is 0 Å². The van der Waals surface area contributed by atoms with Crippen molar-refractivity contribution in [2.75, 3.05) is 25.1 Å². The fourth-order valence-electron chi connectivity index (χ4n) is 1.71. The molecular weight excluding hydrogens is 220 g/mol. The van der Waals surface area contributed by atoms with Crippen molar-refractivity contribution in [3.8, 4) is 0 Å². The maximum Gasteiger partial charge on any atom is 0.227 e. The Morgan fingerprint density at radius 1 is 1.31 bits per heavy atom. The highest BCUT2D eigenvalue weighted by Crippen LogP contribution is 2.24. The molecule has 0 aromatic carbocycles. The molecule has 0 saturated carbocycles. The summed E-state index contributed by atoms with van der Waals surface area (Å²) in [5.74, 6) is 1.29. The zero-order valence-electron chi connectivity index (χ0n) is 10.8. The summed E-state index contributed by atoms with van der Waals surface area (Å²) in [5, 5.41) is 3.01. The van der Waals surface area contributed by atoms with Crippen LogP contribution in [0.3, 0.4) is 0 Å². The van der Waals surface area contributed by atoms with Gasteiger partial charge in [-0.3, -0.25) is 4.79 Å². The molecule has 0 radical (unpaired) electrons. The second-order valence-electron chi connectivity index (χ2n) is 4.15. The van der Waals surface area contributed by atoms with Crippen LogP contribution in [0, 0.1) is 5.41 Å². The Morgan fingerprint density at radius 3 is 2.38 bits per heavy atom. The van der Waals surface area contributed by atoms with Crippen LogP contribution in [0.5, 0.6) is 0 Å². The lowest BCUT2D eigenvalue weighted by Gasteiger charge is -2.28. The van der Waals surface area contributed by atoms with Crippen LogP contribution in [-0.2, 0) is 4.79 Å². The molecule has 0 saturated heterocycles. The van der Waals surface area contributed by atoms with E-state index in [0.29, 0.717) is 6.54 Å². The van der Waals surface area contributed by atoms with Gasteiger partial charge in [-0.15, -0.1) is 0 Å². The number of carbonyl (C=O) groups excluding carboxylic acids is 1. The van der Waals surface area contributed by atoms with Crippen molar-refractivity contribution in [1.82, 2.24) is 5.32 Å². The lowest BCUT2D eigenvalue weighted by atomic mass is 9.81. The molecule has 16 heavy (non-hydrogen) atoms. The van der Waals surface area contributed by atoms with Gasteiger partial charge in [-0.1, -0.05) is 13.8 Å². The molecule has 0 fully saturated rings. The van der Waals surface area contributed by atoms with Crippen LogP contribution in [0.2, 0.25) is 0 Å². The van der Waals surface area contributed by atoms with E-state index in [0.717, 1.165) is 32.2 Å². The first-order chi connectivity index (χ1) is 7.66. The van der Waals surface area contributed by atoms with E-state index in [9.17, 15) is 4.79 Å². The van der Waals surface area contributed by atoms with Gasteiger partial charge in [-0.05, 0) is 37.7 Å². The van der Waals surface area contributed by atoms with Gasteiger partial charge < -0.3 is 11.1 Å². The molecule has 3 nitrogen and oxygen atoms in total. The number of amides is 1. The molecule has 1 amide bonds. The Bertz CT molecular complexity index is 185. The smallest absolute Gasteiger partial charge is 0.227 e. The Balaban J connectivity index is 3.93. The van der Waals surface area contributed by atoms with Gasteiger partial charge in [0.25, 0.3) is 0 Å². The van der Waals surface area contributed by atoms with Crippen molar-refractivity contribution in [2.45, 2.75) is 39.5 Å². The minimum Gasteiger partial charge on any atom is -0.356 e. The summed E-state index contributed by atoms with van der Waals surface area (Å²) in [4.78, 5) is 12.0. The Morgan fingerprint density at radius 2 is 1.94 bits per heavy atom. The summed E-state index contributed by atoms with van der Waals surface area (Å²) in [5.41, 5.74) is 5.37. The summed E-state index contributed by atoms with van der Waals surface area (Å²) in [6, 6.07) is 0. The van der Waals surface area contributed by atoms with Crippen LogP contribution in [-0.4, -0.2) is 31.0 Å². The van der Waals surface area contributed by atoms with Crippen molar-refractivity contribution < 1.29 is 4.79 Å². The summed E-state index contributed by atoms with van der Waals surface area (Å²) in [6.07, 6.45) is 5.95. The van der Waals surface area contributed by atoms with Crippen LogP contribution in [0.4, 0.5) is 0 Å². The average Bonchev–Trinajstić information content (AvgIpc) is 2.32. The second kappa shape index (κ2) is 8.88. The lowest BCUT2D eigenvalue weighted by Crippen LogP contribution is -2.45. The van der Waals surface area contributed by atoms with Crippen molar-refractivity contribution in [2.24, 2.45) is 11.1 Å². The number of hydrogen-bond acceptors (Lipinski definition) is 3. The van der Waals surface area contributed by atoms with E-state index >= 15 is 0 Å². The lowest BCUT2D eigenvalue weighted by molar-refractivity contribution is -0.131. The summed E-state index contributed by atoms with van der Waals surface area (Å²) in [7, 11) is 0. The van der Waals surface area contributed by atoms with Gasteiger partial charge >= 0.3 is 0 Å². The molecule has 0 spiro atoms. The normalized spacial score (nSPS) is 11.5. The maximum absolute atomic E-state index is 12.0. The van der Waals surface area contributed by atoms with Crippen molar-refractivity contribution in [3.05, 3.63) is 0 Å². The van der Waals surface area contributed by atoms with E-state index in [1.54, 1.807) is 0 Å². The van der Waals surface area contributed by atoms with E-state index in [-0.39, 0.29) is 11.3 Å². The van der Waals surface area contributed by atoms with Crippen molar-refractivity contribution in [1.29, 1.82) is 0 Å². The Kier molecular flexibility index (Phi) is 8.76. The van der Waals surface area contributed by atoms with Crippen LogP contribution in [0.15, 0.2) is 0 Å². The number of nitrogens with two attached hydrogens (primary N) is 1. The molecule has 0 aliphatic heterocycles. The molecule has 4 heteroatoms. The molecule has 0 bridgehead atoms. The van der Waals surface area contributed by atoms with Crippen LogP contribution >= 0.6 is 11.8 Å². The third kappa shape index (κ3) is 4.74. The van der Waals surface area contributed by atoms with Gasteiger partial charge in [0.2, 0.25) is 5.91 Å². The highest BCUT2D eigenvalue weighted by Gasteiger charge is 2.32. The molecular formula is C12H26N2OS. The average molecular weight is 246 g/mol. The highest BCUT2D eigenvalue weighted by atomic mass is 32.2. The molecule has 0 heterocycles. The quantitative estimate of drug-likeness (QED) is 0.612. The van der Waals surface area contributed by atoms with Gasteiger partial charge in [-0.2, -0.15) is 11.8 Å². The molecule has 0 aliphatic rings. The van der Waals surface area contributed by atoms with E-state index in [1.165, 1.54) is 5.75 Å². The fourth-order valence-corrected chi connectivity index (χ4v) is 2.21. The Hall–Kier alpha value is -0.220. The van der Waals surface area contributed by atoms with E-state index < -0.39 is 0 Å². The molecule has 0 aliphatic carbocycles. The fraction of sp³-hybridized carbons (Fsp3) is 0.917. The second-order valence-corrected chi connectivity index (χ2v) is 5.13. The standard InChI is InChI=1S/C12H26N2OS/c1-4-12(5-2,10-13)11(15)14-8-6-7-9-16-3/h4-10,13H2,1-3H3,(H,14,15). The van der Waals surface area contributed by atoms with Crippen LogP contribution < -0.4 is 11.1 Å². The summed E-state index contributed by atoms with van der Waals surface area (Å²) >= 11 is 1.85. The number of hydrogen-bond donors (Lipinski definition) is 2. The predicted molar refractivity (Wildman–Crippen MR) is 72.7 cm³/mol. The summed E-state index contributed by atoms with van der Waals surface area (Å²) < 4.78 is 0. The third-order valence-corrected chi connectivity index (χ3v) is 3.98. The van der Waals surface area contributed by atoms with Gasteiger partial charge in [0.1, 0.15) is 0 Å². The SMILES string of the molecule is CCC(CC)(CN)C(=O)NCCCCSC.